The Balaban J connectivity index is 1.20. The lowest BCUT2D eigenvalue weighted by Crippen LogP contribution is -2.34. The number of nitrogens with zero attached hydrogens (tertiary/aromatic N) is 1. The van der Waals surface area contributed by atoms with Crippen molar-refractivity contribution in [2.24, 2.45) is 0 Å². The van der Waals surface area contributed by atoms with Gasteiger partial charge < -0.3 is 4.90 Å². The zero-order chi connectivity index (χ0) is 45.6. The van der Waals surface area contributed by atoms with E-state index in [0.29, 0.717) is 0 Å². The normalized spacial score (nSPS) is 17.8. The number of hydrogen-bond donors (Lipinski definition) is 0. The third-order valence-corrected chi connectivity index (χ3v) is 16.3. The van der Waals surface area contributed by atoms with Gasteiger partial charge in [0.25, 0.3) is 0 Å². The Morgan fingerprint density at radius 1 is 0.318 bits per heavy atom. The van der Waals surface area contributed by atoms with Crippen LogP contribution in [0.15, 0.2) is 188 Å². The SMILES string of the molecule is CC1(C)CCC(C)(C)c2cc(-c3cc4c(cc3N(c3ccccc3)c3ccc(-c5cccc6c5C(C)(C)CCC6(C)C)cc3)C(c3ccccc3)(c3ccccc3)c3ccccc3-4)ccc21. The smallest absolute Gasteiger partial charge is 0.0714 e. The lowest BCUT2D eigenvalue weighted by atomic mass is 9.61. The molecule has 11 rings (SSSR count). The molecule has 0 saturated heterocycles. The quantitative estimate of drug-likeness (QED) is 0.154. The van der Waals surface area contributed by atoms with Gasteiger partial charge in [-0.1, -0.05) is 207 Å². The fraction of sp³-hybridized carbons (Fsp3) is 0.262. The standard InChI is InChI=1S/C65H63N/c1-61(2)37-38-63(5,6)58-41-45(33-36-55(58)61)52-42-53-51-27-18-19-29-54(51)65(46-21-12-9-13-22-46,47-23-14-10-15-24-47)57(53)43-59(52)66(48-25-16-11-17-26-48)49-34-31-44(32-35-49)50-28-20-30-56-60(50)64(7,8)40-39-62(56,3)4/h9-36,41-43H,37-40H2,1-8H3. The lowest BCUT2D eigenvalue weighted by Gasteiger charge is -2.43. The van der Waals surface area contributed by atoms with E-state index in [1.165, 1.54) is 109 Å². The van der Waals surface area contributed by atoms with Crippen LogP contribution in [0.25, 0.3) is 33.4 Å². The van der Waals surface area contributed by atoms with Crippen LogP contribution in [0.4, 0.5) is 17.1 Å². The van der Waals surface area contributed by atoms with Crippen molar-refractivity contribution in [3.8, 4) is 33.4 Å². The van der Waals surface area contributed by atoms with Gasteiger partial charge in [-0.3, -0.25) is 0 Å². The van der Waals surface area contributed by atoms with Crippen molar-refractivity contribution in [2.75, 3.05) is 4.90 Å². The van der Waals surface area contributed by atoms with Crippen LogP contribution < -0.4 is 4.90 Å². The lowest BCUT2D eigenvalue weighted by molar-refractivity contribution is 0.332. The summed E-state index contributed by atoms with van der Waals surface area (Å²) in [5, 5.41) is 0. The molecule has 0 spiro atoms. The molecule has 328 valence electrons. The van der Waals surface area contributed by atoms with Gasteiger partial charge in [0.2, 0.25) is 0 Å². The number of fused-ring (bicyclic) bond motifs is 5. The predicted molar refractivity (Wildman–Crippen MR) is 280 cm³/mol. The highest BCUT2D eigenvalue weighted by atomic mass is 15.1. The summed E-state index contributed by atoms with van der Waals surface area (Å²) >= 11 is 0. The zero-order valence-electron chi connectivity index (χ0n) is 40.2. The molecule has 0 fully saturated rings. The van der Waals surface area contributed by atoms with Gasteiger partial charge in [0.05, 0.1) is 11.1 Å². The molecule has 0 aromatic heterocycles. The minimum atomic E-state index is -0.539. The van der Waals surface area contributed by atoms with E-state index in [9.17, 15) is 0 Å². The van der Waals surface area contributed by atoms with Gasteiger partial charge in [0, 0.05) is 16.9 Å². The molecule has 8 aromatic rings. The van der Waals surface area contributed by atoms with E-state index >= 15 is 0 Å². The highest BCUT2D eigenvalue weighted by molar-refractivity contribution is 5.97. The molecule has 0 bridgehead atoms. The second-order valence-corrected chi connectivity index (χ2v) is 22.2. The average Bonchev–Trinajstić information content (AvgIpc) is 3.63. The van der Waals surface area contributed by atoms with Gasteiger partial charge in [0.15, 0.2) is 0 Å². The zero-order valence-corrected chi connectivity index (χ0v) is 40.2. The van der Waals surface area contributed by atoms with Crippen LogP contribution in [0.2, 0.25) is 0 Å². The number of benzene rings is 8. The van der Waals surface area contributed by atoms with Gasteiger partial charge in [-0.2, -0.15) is 0 Å². The van der Waals surface area contributed by atoms with Crippen LogP contribution >= 0.6 is 0 Å². The summed E-state index contributed by atoms with van der Waals surface area (Å²) in [4.78, 5) is 2.53. The van der Waals surface area contributed by atoms with Crippen molar-refractivity contribution in [3.05, 3.63) is 233 Å². The first-order chi connectivity index (χ1) is 31.7. The minimum absolute atomic E-state index is 0.0650. The summed E-state index contributed by atoms with van der Waals surface area (Å²) in [5.41, 5.74) is 22.1. The van der Waals surface area contributed by atoms with E-state index < -0.39 is 5.41 Å². The Kier molecular flexibility index (Phi) is 9.79. The second-order valence-electron chi connectivity index (χ2n) is 22.2. The Hall–Kier alpha value is -6.44. The third kappa shape index (κ3) is 6.56. The largest absolute Gasteiger partial charge is 0.310 e. The summed E-state index contributed by atoms with van der Waals surface area (Å²) in [7, 11) is 0. The molecule has 0 amide bonds. The summed E-state index contributed by atoms with van der Waals surface area (Å²) in [5.74, 6) is 0. The Bertz CT molecular complexity index is 3070. The molecule has 8 aromatic carbocycles. The van der Waals surface area contributed by atoms with Gasteiger partial charge >= 0.3 is 0 Å². The molecule has 0 unspecified atom stereocenters. The Morgan fingerprint density at radius 2 is 0.818 bits per heavy atom. The minimum Gasteiger partial charge on any atom is -0.310 e. The van der Waals surface area contributed by atoms with Crippen molar-refractivity contribution >= 4 is 17.1 Å². The average molecular weight is 858 g/mol. The molecule has 0 aliphatic heterocycles. The Labute approximate surface area is 394 Å². The molecule has 3 aliphatic carbocycles. The first kappa shape index (κ1) is 42.2. The summed E-state index contributed by atoms with van der Waals surface area (Å²) in [6.45, 7) is 19.5. The second kappa shape index (κ2) is 15.3. The number of rotatable bonds is 7. The van der Waals surface area contributed by atoms with Gasteiger partial charge in [-0.25, -0.2) is 0 Å². The van der Waals surface area contributed by atoms with Crippen LogP contribution in [0.5, 0.6) is 0 Å². The molecule has 0 heterocycles. The highest BCUT2D eigenvalue weighted by Crippen LogP contribution is 2.59. The van der Waals surface area contributed by atoms with Crippen molar-refractivity contribution in [3.63, 3.8) is 0 Å². The maximum Gasteiger partial charge on any atom is 0.0714 e. The summed E-state index contributed by atoms with van der Waals surface area (Å²) in [6.07, 6.45) is 4.73. The molecule has 0 saturated carbocycles. The van der Waals surface area contributed by atoms with E-state index in [1.807, 2.05) is 0 Å². The first-order valence-electron chi connectivity index (χ1n) is 24.4. The van der Waals surface area contributed by atoms with E-state index in [-0.39, 0.29) is 21.7 Å². The van der Waals surface area contributed by atoms with Crippen LogP contribution in [0.3, 0.4) is 0 Å². The van der Waals surface area contributed by atoms with Crippen molar-refractivity contribution in [1.29, 1.82) is 0 Å². The van der Waals surface area contributed by atoms with Crippen molar-refractivity contribution in [2.45, 2.75) is 108 Å². The predicted octanol–water partition coefficient (Wildman–Crippen LogP) is 17.6. The van der Waals surface area contributed by atoms with Crippen LogP contribution in [-0.4, -0.2) is 0 Å². The van der Waals surface area contributed by atoms with E-state index in [0.717, 1.165) is 11.4 Å². The fourth-order valence-electron chi connectivity index (χ4n) is 12.4. The van der Waals surface area contributed by atoms with Crippen molar-refractivity contribution in [1.82, 2.24) is 0 Å². The monoisotopic (exact) mass is 857 g/mol. The number of hydrogen-bond acceptors (Lipinski definition) is 1. The van der Waals surface area contributed by atoms with Gasteiger partial charge in [-0.05, 0) is 156 Å². The van der Waals surface area contributed by atoms with Gasteiger partial charge in [0.1, 0.15) is 0 Å². The molecule has 66 heavy (non-hydrogen) atoms. The van der Waals surface area contributed by atoms with Crippen LogP contribution in [0.1, 0.15) is 126 Å². The maximum atomic E-state index is 2.57. The molecular formula is C65H63N. The first-order valence-corrected chi connectivity index (χ1v) is 24.4. The van der Waals surface area contributed by atoms with Crippen molar-refractivity contribution < 1.29 is 0 Å². The third-order valence-electron chi connectivity index (χ3n) is 16.3. The molecule has 0 radical (unpaired) electrons. The number of para-hydroxylation sites is 1. The fourth-order valence-corrected chi connectivity index (χ4v) is 12.4. The molecule has 1 heteroatoms. The molecular weight excluding hydrogens is 795 g/mol. The molecule has 0 atom stereocenters. The highest BCUT2D eigenvalue weighted by Gasteiger charge is 2.47. The van der Waals surface area contributed by atoms with E-state index in [4.69, 9.17) is 0 Å². The van der Waals surface area contributed by atoms with Crippen LogP contribution in [0, 0.1) is 0 Å². The topological polar surface area (TPSA) is 3.24 Å². The van der Waals surface area contributed by atoms with Gasteiger partial charge in [-0.15, -0.1) is 0 Å². The van der Waals surface area contributed by atoms with E-state index in [1.54, 1.807) is 0 Å². The molecule has 1 nitrogen and oxygen atoms in total. The summed E-state index contributed by atoms with van der Waals surface area (Å²) in [6, 6.07) is 71.7. The van der Waals surface area contributed by atoms with E-state index in [2.05, 4.69) is 248 Å². The van der Waals surface area contributed by atoms with Crippen LogP contribution in [-0.2, 0) is 27.1 Å². The molecule has 0 N–H and O–H groups in total. The molecule has 3 aliphatic rings. The maximum absolute atomic E-state index is 2.57. The number of anilines is 3. The summed E-state index contributed by atoms with van der Waals surface area (Å²) < 4.78 is 0. The Morgan fingerprint density at radius 3 is 1.47 bits per heavy atom.